The van der Waals surface area contributed by atoms with E-state index in [0.29, 0.717) is 6.54 Å². The van der Waals surface area contributed by atoms with Crippen LogP contribution in [0.1, 0.15) is 24.8 Å². The molecule has 88 valence electrons. The summed E-state index contributed by atoms with van der Waals surface area (Å²) in [7, 11) is 0. The van der Waals surface area contributed by atoms with Crippen LogP contribution >= 0.6 is 15.9 Å². The summed E-state index contributed by atoms with van der Waals surface area (Å²) >= 11 is 3.40. The van der Waals surface area contributed by atoms with Crippen molar-refractivity contribution in [2.75, 3.05) is 6.61 Å². The van der Waals surface area contributed by atoms with Crippen LogP contribution in [0.25, 0.3) is 0 Å². The maximum atomic E-state index is 5.44. The summed E-state index contributed by atoms with van der Waals surface area (Å²) in [5, 5.41) is 0. The first-order chi connectivity index (χ1) is 7.84. The zero-order chi connectivity index (χ0) is 11.2. The predicted octanol–water partition coefficient (Wildman–Crippen LogP) is 3.00. The molecule has 16 heavy (non-hydrogen) atoms. The lowest BCUT2D eigenvalue weighted by Crippen LogP contribution is -2.29. The van der Waals surface area contributed by atoms with E-state index >= 15 is 0 Å². The maximum Gasteiger partial charge on any atom is 0.177 e. The number of rotatable bonds is 4. The smallest absolute Gasteiger partial charge is 0.177 e. The molecule has 0 aliphatic carbocycles. The second kappa shape index (κ2) is 6.35. The minimum Gasteiger partial charge on any atom is -0.351 e. The van der Waals surface area contributed by atoms with Gasteiger partial charge in [-0.05, 0) is 30.5 Å². The first kappa shape index (κ1) is 12.0. The van der Waals surface area contributed by atoms with Crippen molar-refractivity contribution in [1.82, 2.24) is 5.48 Å². The third kappa shape index (κ3) is 3.87. The molecule has 1 aromatic carbocycles. The third-order valence-electron chi connectivity index (χ3n) is 2.54. The van der Waals surface area contributed by atoms with Gasteiger partial charge in [0.1, 0.15) is 0 Å². The van der Waals surface area contributed by atoms with Gasteiger partial charge in [-0.2, -0.15) is 5.48 Å². The fourth-order valence-electron chi connectivity index (χ4n) is 1.62. The topological polar surface area (TPSA) is 30.5 Å². The monoisotopic (exact) mass is 285 g/mol. The number of benzene rings is 1. The van der Waals surface area contributed by atoms with E-state index in [0.717, 1.165) is 23.9 Å². The highest BCUT2D eigenvalue weighted by molar-refractivity contribution is 9.10. The van der Waals surface area contributed by atoms with Crippen molar-refractivity contribution in [2.24, 2.45) is 0 Å². The molecule has 0 aromatic heterocycles. The largest absolute Gasteiger partial charge is 0.351 e. The molecule has 0 spiro atoms. The molecule has 1 saturated heterocycles. The molecule has 4 heteroatoms. The summed E-state index contributed by atoms with van der Waals surface area (Å²) in [6.07, 6.45) is 3.23. The Bertz CT molecular complexity index is 309. The summed E-state index contributed by atoms with van der Waals surface area (Å²) in [5.41, 5.74) is 4.14. The van der Waals surface area contributed by atoms with Gasteiger partial charge in [0, 0.05) is 24.0 Å². The van der Waals surface area contributed by atoms with E-state index in [-0.39, 0.29) is 6.29 Å². The van der Waals surface area contributed by atoms with Crippen LogP contribution in [0.5, 0.6) is 0 Å². The molecule has 0 radical (unpaired) electrons. The van der Waals surface area contributed by atoms with E-state index in [1.54, 1.807) is 0 Å². The highest BCUT2D eigenvalue weighted by Crippen LogP contribution is 2.13. The van der Waals surface area contributed by atoms with Gasteiger partial charge in [-0.15, -0.1) is 0 Å². The standard InChI is InChI=1S/C12H16BrNO2/c13-11-6-4-10(5-7-11)9-14-16-12-3-1-2-8-15-12/h4-7,12,14H,1-3,8-9H2. The lowest BCUT2D eigenvalue weighted by Gasteiger charge is -2.22. The molecule has 1 heterocycles. The minimum absolute atomic E-state index is 0.0794. The van der Waals surface area contributed by atoms with Crippen molar-refractivity contribution in [3.05, 3.63) is 34.3 Å². The van der Waals surface area contributed by atoms with Crippen molar-refractivity contribution < 1.29 is 9.57 Å². The molecule has 1 N–H and O–H groups in total. The number of hydrogen-bond acceptors (Lipinski definition) is 3. The molecule has 0 saturated carbocycles. The van der Waals surface area contributed by atoms with Gasteiger partial charge >= 0.3 is 0 Å². The average Bonchev–Trinajstić information content (AvgIpc) is 2.33. The van der Waals surface area contributed by atoms with Gasteiger partial charge in [-0.3, -0.25) is 4.84 Å². The van der Waals surface area contributed by atoms with Crippen LogP contribution in [0.15, 0.2) is 28.7 Å². The number of halogens is 1. The molecule has 1 atom stereocenters. The van der Waals surface area contributed by atoms with Crippen LogP contribution in [0.2, 0.25) is 0 Å². The Balaban J connectivity index is 1.69. The van der Waals surface area contributed by atoms with Crippen LogP contribution in [0.4, 0.5) is 0 Å². The predicted molar refractivity (Wildman–Crippen MR) is 65.7 cm³/mol. The highest BCUT2D eigenvalue weighted by atomic mass is 79.9. The van der Waals surface area contributed by atoms with Crippen molar-refractivity contribution in [1.29, 1.82) is 0 Å². The molecule has 1 unspecified atom stereocenters. The van der Waals surface area contributed by atoms with Gasteiger partial charge < -0.3 is 4.74 Å². The lowest BCUT2D eigenvalue weighted by atomic mass is 10.2. The Hall–Kier alpha value is -0.420. The van der Waals surface area contributed by atoms with Gasteiger partial charge in [-0.25, -0.2) is 0 Å². The quantitative estimate of drug-likeness (QED) is 0.863. The molecular weight excluding hydrogens is 270 g/mol. The van der Waals surface area contributed by atoms with Crippen molar-refractivity contribution in [3.8, 4) is 0 Å². The Morgan fingerprint density at radius 2 is 2.12 bits per heavy atom. The summed E-state index contributed by atoms with van der Waals surface area (Å²) in [6, 6.07) is 8.16. The molecule has 0 amide bonds. The normalized spacial score (nSPS) is 20.9. The molecule has 3 nitrogen and oxygen atoms in total. The molecular formula is C12H16BrNO2. The summed E-state index contributed by atoms with van der Waals surface area (Å²) in [4.78, 5) is 5.43. The number of nitrogens with one attached hydrogen (secondary N) is 1. The zero-order valence-corrected chi connectivity index (χ0v) is 10.7. The fourth-order valence-corrected chi connectivity index (χ4v) is 1.89. The van der Waals surface area contributed by atoms with Crippen LogP contribution in [0.3, 0.4) is 0 Å². The van der Waals surface area contributed by atoms with Gasteiger partial charge in [0.2, 0.25) is 0 Å². The van der Waals surface area contributed by atoms with Gasteiger partial charge in [0.05, 0.1) is 0 Å². The number of hydroxylamine groups is 1. The Kier molecular flexibility index (Phi) is 4.78. The van der Waals surface area contributed by atoms with Crippen molar-refractivity contribution >= 4 is 15.9 Å². The maximum absolute atomic E-state index is 5.44. The second-order valence-corrected chi connectivity index (χ2v) is 4.78. The third-order valence-corrected chi connectivity index (χ3v) is 3.07. The number of hydrogen-bond donors (Lipinski definition) is 1. The Morgan fingerprint density at radius 1 is 1.31 bits per heavy atom. The Morgan fingerprint density at radius 3 is 2.81 bits per heavy atom. The average molecular weight is 286 g/mol. The zero-order valence-electron chi connectivity index (χ0n) is 9.12. The molecule has 1 aliphatic heterocycles. The van der Waals surface area contributed by atoms with Crippen LogP contribution in [-0.4, -0.2) is 12.9 Å². The van der Waals surface area contributed by atoms with E-state index in [1.807, 2.05) is 12.1 Å². The van der Waals surface area contributed by atoms with Crippen molar-refractivity contribution in [2.45, 2.75) is 32.1 Å². The van der Waals surface area contributed by atoms with E-state index in [2.05, 4.69) is 33.5 Å². The van der Waals surface area contributed by atoms with Gasteiger partial charge in [0.25, 0.3) is 0 Å². The summed E-state index contributed by atoms with van der Waals surface area (Å²) < 4.78 is 6.53. The highest BCUT2D eigenvalue weighted by Gasteiger charge is 2.13. The first-order valence-corrected chi connectivity index (χ1v) is 6.38. The van der Waals surface area contributed by atoms with E-state index in [4.69, 9.17) is 9.57 Å². The van der Waals surface area contributed by atoms with Crippen LogP contribution in [0, 0.1) is 0 Å². The molecule has 1 aromatic rings. The van der Waals surface area contributed by atoms with Gasteiger partial charge in [-0.1, -0.05) is 28.1 Å². The van der Waals surface area contributed by atoms with E-state index < -0.39 is 0 Å². The Labute approximate surface area is 104 Å². The van der Waals surface area contributed by atoms with Gasteiger partial charge in [0.15, 0.2) is 6.29 Å². The fraction of sp³-hybridized carbons (Fsp3) is 0.500. The first-order valence-electron chi connectivity index (χ1n) is 5.59. The molecule has 2 rings (SSSR count). The molecule has 1 aliphatic rings. The summed E-state index contributed by atoms with van der Waals surface area (Å²) in [5.74, 6) is 0. The lowest BCUT2D eigenvalue weighted by molar-refractivity contribution is -0.198. The second-order valence-electron chi connectivity index (χ2n) is 3.86. The minimum atomic E-state index is -0.0794. The summed E-state index contributed by atoms with van der Waals surface area (Å²) in [6.45, 7) is 1.51. The van der Waals surface area contributed by atoms with Crippen molar-refractivity contribution in [3.63, 3.8) is 0 Å². The SMILES string of the molecule is Brc1ccc(CNOC2CCCCO2)cc1. The number of ether oxygens (including phenoxy) is 1. The van der Waals surface area contributed by atoms with Crippen LogP contribution < -0.4 is 5.48 Å². The van der Waals surface area contributed by atoms with E-state index in [1.165, 1.54) is 12.0 Å². The molecule has 1 fully saturated rings. The van der Waals surface area contributed by atoms with Crippen LogP contribution in [-0.2, 0) is 16.1 Å². The molecule has 0 bridgehead atoms. The van der Waals surface area contributed by atoms with E-state index in [9.17, 15) is 0 Å².